The normalized spacial score (nSPS) is 11.0. The summed E-state index contributed by atoms with van der Waals surface area (Å²) in [6.45, 7) is 5.75. The number of amides is 2. The summed E-state index contributed by atoms with van der Waals surface area (Å²) < 4.78 is 3.07. The molecule has 0 fully saturated rings. The maximum atomic E-state index is 12.1. The van der Waals surface area contributed by atoms with E-state index in [0.717, 1.165) is 32.7 Å². The van der Waals surface area contributed by atoms with E-state index >= 15 is 0 Å². The van der Waals surface area contributed by atoms with Crippen molar-refractivity contribution in [1.82, 2.24) is 9.99 Å². The van der Waals surface area contributed by atoms with Crippen molar-refractivity contribution < 1.29 is 9.59 Å². The van der Waals surface area contributed by atoms with Gasteiger partial charge in [0.15, 0.2) is 0 Å². The average molecular weight is 488 g/mol. The Morgan fingerprint density at radius 3 is 2.53 bits per heavy atom. The molecule has 1 aromatic heterocycles. The number of hydrogen-bond acceptors (Lipinski definition) is 3. The van der Waals surface area contributed by atoms with Crippen LogP contribution in [-0.4, -0.2) is 22.6 Å². The summed E-state index contributed by atoms with van der Waals surface area (Å²) in [5, 5.41) is 7.04. The van der Waals surface area contributed by atoms with Gasteiger partial charge < -0.3 is 9.88 Å². The molecular formula is C22H20BrClN4O2. The van der Waals surface area contributed by atoms with Crippen LogP contribution in [0.25, 0.3) is 5.69 Å². The Kier molecular flexibility index (Phi) is 6.74. The number of aryl methyl sites for hydroxylation is 2. The van der Waals surface area contributed by atoms with Gasteiger partial charge in [0, 0.05) is 37.8 Å². The molecule has 0 aliphatic carbocycles. The van der Waals surface area contributed by atoms with Crippen molar-refractivity contribution in [3.8, 4) is 5.69 Å². The lowest BCUT2D eigenvalue weighted by molar-refractivity contribution is -0.136. The van der Waals surface area contributed by atoms with Gasteiger partial charge in [-0.1, -0.05) is 33.6 Å². The monoisotopic (exact) mass is 486 g/mol. The summed E-state index contributed by atoms with van der Waals surface area (Å²) in [4.78, 5) is 24.2. The number of aromatic nitrogens is 1. The van der Waals surface area contributed by atoms with E-state index in [1.54, 1.807) is 25.1 Å². The largest absolute Gasteiger partial charge is 0.329 e. The second-order valence-corrected chi connectivity index (χ2v) is 8.11. The highest BCUT2D eigenvalue weighted by atomic mass is 79.9. The van der Waals surface area contributed by atoms with Crippen LogP contribution < -0.4 is 10.7 Å². The van der Waals surface area contributed by atoms with E-state index in [4.69, 9.17) is 11.6 Å². The van der Waals surface area contributed by atoms with E-state index < -0.39 is 11.8 Å². The van der Waals surface area contributed by atoms with Crippen molar-refractivity contribution in [3.63, 3.8) is 0 Å². The third-order valence-electron chi connectivity index (χ3n) is 4.55. The minimum absolute atomic E-state index is 0.515. The minimum Gasteiger partial charge on any atom is -0.318 e. The molecule has 0 spiro atoms. The predicted molar refractivity (Wildman–Crippen MR) is 123 cm³/mol. The molecule has 0 unspecified atom stereocenters. The quantitative estimate of drug-likeness (QED) is 0.312. The maximum Gasteiger partial charge on any atom is 0.329 e. The zero-order valence-corrected chi connectivity index (χ0v) is 19.0. The first kappa shape index (κ1) is 21.8. The van der Waals surface area contributed by atoms with Crippen molar-refractivity contribution >= 4 is 51.2 Å². The number of halogens is 2. The van der Waals surface area contributed by atoms with Gasteiger partial charge >= 0.3 is 11.8 Å². The molecule has 2 aromatic carbocycles. The van der Waals surface area contributed by atoms with Crippen molar-refractivity contribution in [2.45, 2.75) is 20.8 Å². The molecule has 0 atom stereocenters. The first-order valence-corrected chi connectivity index (χ1v) is 10.3. The van der Waals surface area contributed by atoms with Crippen LogP contribution >= 0.6 is 27.5 Å². The van der Waals surface area contributed by atoms with E-state index in [0.29, 0.717) is 10.7 Å². The number of rotatable bonds is 4. The van der Waals surface area contributed by atoms with Crippen molar-refractivity contribution in [2.75, 3.05) is 5.32 Å². The molecular weight excluding hydrogens is 468 g/mol. The van der Waals surface area contributed by atoms with Crippen molar-refractivity contribution in [2.24, 2.45) is 5.10 Å². The van der Waals surface area contributed by atoms with Crippen LogP contribution in [0.1, 0.15) is 22.5 Å². The Morgan fingerprint density at radius 2 is 1.83 bits per heavy atom. The summed E-state index contributed by atoms with van der Waals surface area (Å²) in [5.41, 5.74) is 7.37. The summed E-state index contributed by atoms with van der Waals surface area (Å²) in [5.74, 6) is -1.67. The number of hydrogen-bond donors (Lipinski definition) is 2. The van der Waals surface area contributed by atoms with E-state index in [1.165, 1.54) is 6.21 Å². The van der Waals surface area contributed by atoms with Gasteiger partial charge in [-0.25, -0.2) is 5.43 Å². The highest BCUT2D eigenvalue weighted by molar-refractivity contribution is 9.10. The van der Waals surface area contributed by atoms with Crippen LogP contribution in [0.3, 0.4) is 0 Å². The molecule has 154 valence electrons. The molecule has 0 bridgehead atoms. The smallest absolute Gasteiger partial charge is 0.318 e. The standard InChI is InChI=1S/C22H20BrClN4O2/c1-13-9-18(24)7-8-20(13)26-21(29)22(30)27-25-12-16-10-14(2)28(15(16)3)19-6-4-5-17(23)11-19/h4-12H,1-3H3,(H,26,29)(H,27,30)/b25-12-. The van der Waals surface area contributed by atoms with Crippen LogP contribution in [-0.2, 0) is 9.59 Å². The molecule has 8 heteroatoms. The number of carbonyl (C=O) groups excluding carboxylic acids is 2. The van der Waals surface area contributed by atoms with Gasteiger partial charge in [-0.3, -0.25) is 9.59 Å². The number of carbonyl (C=O) groups is 2. The summed E-state index contributed by atoms with van der Waals surface area (Å²) in [6.07, 6.45) is 1.52. The molecule has 6 nitrogen and oxygen atoms in total. The van der Waals surface area contributed by atoms with E-state index in [1.807, 2.05) is 44.2 Å². The summed E-state index contributed by atoms with van der Waals surface area (Å²) in [7, 11) is 0. The Balaban J connectivity index is 1.68. The van der Waals surface area contributed by atoms with Gasteiger partial charge in [0.1, 0.15) is 0 Å². The first-order valence-electron chi connectivity index (χ1n) is 9.11. The molecule has 30 heavy (non-hydrogen) atoms. The Hall–Kier alpha value is -2.90. The number of benzene rings is 2. The van der Waals surface area contributed by atoms with E-state index in [9.17, 15) is 9.59 Å². The first-order chi connectivity index (χ1) is 14.3. The van der Waals surface area contributed by atoms with Crippen LogP contribution in [0.4, 0.5) is 5.69 Å². The van der Waals surface area contributed by atoms with Gasteiger partial charge in [-0.2, -0.15) is 5.10 Å². The van der Waals surface area contributed by atoms with Gasteiger partial charge in [-0.05, 0) is 68.8 Å². The maximum absolute atomic E-state index is 12.1. The van der Waals surface area contributed by atoms with E-state index in [2.05, 4.69) is 36.3 Å². The van der Waals surface area contributed by atoms with Crippen LogP contribution in [0.5, 0.6) is 0 Å². The lowest BCUT2D eigenvalue weighted by Crippen LogP contribution is -2.32. The summed E-state index contributed by atoms with van der Waals surface area (Å²) >= 11 is 9.39. The predicted octanol–water partition coefficient (Wildman–Crippen LogP) is 4.91. The lowest BCUT2D eigenvalue weighted by atomic mass is 10.2. The third kappa shape index (κ3) is 4.98. The fourth-order valence-electron chi connectivity index (χ4n) is 3.09. The zero-order chi connectivity index (χ0) is 21.8. The number of nitrogens with one attached hydrogen (secondary N) is 2. The second kappa shape index (κ2) is 9.28. The van der Waals surface area contributed by atoms with Gasteiger partial charge in [0.2, 0.25) is 0 Å². The number of hydrazone groups is 1. The molecule has 0 aliphatic heterocycles. The number of nitrogens with zero attached hydrogens (tertiary/aromatic N) is 2. The Bertz CT molecular complexity index is 1150. The lowest BCUT2D eigenvalue weighted by Gasteiger charge is -2.10. The molecule has 2 N–H and O–H groups in total. The summed E-state index contributed by atoms with van der Waals surface area (Å²) in [6, 6.07) is 14.9. The van der Waals surface area contributed by atoms with Crippen molar-refractivity contribution in [3.05, 3.63) is 80.5 Å². The highest BCUT2D eigenvalue weighted by Crippen LogP contribution is 2.22. The van der Waals surface area contributed by atoms with Gasteiger partial charge in [0.05, 0.1) is 6.21 Å². The fourth-order valence-corrected chi connectivity index (χ4v) is 3.70. The van der Waals surface area contributed by atoms with Crippen LogP contribution in [0.2, 0.25) is 5.02 Å². The van der Waals surface area contributed by atoms with Crippen molar-refractivity contribution in [1.29, 1.82) is 0 Å². The van der Waals surface area contributed by atoms with Gasteiger partial charge in [-0.15, -0.1) is 0 Å². The molecule has 2 amide bonds. The molecule has 1 heterocycles. The highest BCUT2D eigenvalue weighted by Gasteiger charge is 2.14. The van der Waals surface area contributed by atoms with Crippen LogP contribution in [0, 0.1) is 20.8 Å². The van der Waals surface area contributed by atoms with E-state index in [-0.39, 0.29) is 0 Å². The second-order valence-electron chi connectivity index (χ2n) is 6.75. The topological polar surface area (TPSA) is 75.5 Å². The minimum atomic E-state index is -0.860. The zero-order valence-electron chi connectivity index (χ0n) is 16.7. The molecule has 0 aliphatic rings. The SMILES string of the molecule is Cc1cc(Cl)ccc1NC(=O)C(=O)N/N=C\c1cc(C)n(-c2cccc(Br)c2)c1C. The third-order valence-corrected chi connectivity index (χ3v) is 5.28. The molecule has 0 saturated heterocycles. The molecule has 0 saturated carbocycles. The number of anilines is 1. The Morgan fingerprint density at radius 1 is 1.07 bits per heavy atom. The Labute approximate surface area is 188 Å². The molecule has 3 rings (SSSR count). The van der Waals surface area contributed by atoms with Gasteiger partial charge in [0.25, 0.3) is 0 Å². The average Bonchev–Trinajstić information content (AvgIpc) is 2.97. The fraction of sp³-hybridized carbons (Fsp3) is 0.136. The molecule has 0 radical (unpaired) electrons. The molecule has 3 aromatic rings. The van der Waals surface area contributed by atoms with Crippen LogP contribution in [0.15, 0.2) is 58.1 Å².